The predicted octanol–water partition coefficient (Wildman–Crippen LogP) is 6.79. The van der Waals surface area contributed by atoms with Crippen LogP contribution in [0.25, 0.3) is 23.3 Å². The number of benzene rings is 3. The van der Waals surface area contributed by atoms with Crippen LogP contribution in [0.4, 0.5) is 5.69 Å². The van der Waals surface area contributed by atoms with Gasteiger partial charge in [-0.25, -0.2) is 0 Å². The van der Waals surface area contributed by atoms with Gasteiger partial charge in [0, 0.05) is 16.8 Å². The summed E-state index contributed by atoms with van der Waals surface area (Å²) in [5.74, 6) is 1.61. The molecule has 26 heavy (non-hydrogen) atoms. The van der Waals surface area contributed by atoms with Crippen LogP contribution in [0.15, 0.2) is 78.9 Å². The molecular weight excluding hydrogens is 318 g/mol. The molecule has 0 aliphatic heterocycles. The van der Waals surface area contributed by atoms with E-state index in [4.69, 9.17) is 10.5 Å². The zero-order valence-corrected chi connectivity index (χ0v) is 15.1. The fraction of sp³-hybridized carbons (Fsp3) is 0.0833. The fourth-order valence-electron chi connectivity index (χ4n) is 2.86. The van der Waals surface area contributed by atoms with Crippen LogP contribution >= 0.6 is 0 Å². The molecule has 0 radical (unpaired) electrons. The molecule has 2 nitrogen and oxygen atoms in total. The van der Waals surface area contributed by atoms with Gasteiger partial charge in [-0.15, -0.1) is 0 Å². The van der Waals surface area contributed by atoms with E-state index in [1.807, 2.05) is 50.3 Å². The Morgan fingerprint density at radius 3 is 2.27 bits per heavy atom. The minimum Gasteiger partial charge on any atom is -0.456 e. The summed E-state index contributed by atoms with van der Waals surface area (Å²) in [6.45, 7) is 4.03. The van der Waals surface area contributed by atoms with Crippen molar-refractivity contribution >= 4 is 17.8 Å². The molecule has 3 rings (SSSR count). The van der Waals surface area contributed by atoms with Gasteiger partial charge >= 0.3 is 0 Å². The van der Waals surface area contributed by atoms with Crippen molar-refractivity contribution in [3.63, 3.8) is 0 Å². The fourth-order valence-corrected chi connectivity index (χ4v) is 2.86. The normalized spacial score (nSPS) is 11.3. The van der Waals surface area contributed by atoms with Crippen molar-refractivity contribution in [1.29, 1.82) is 0 Å². The summed E-state index contributed by atoms with van der Waals surface area (Å²) in [4.78, 5) is 0. The van der Waals surface area contributed by atoms with E-state index in [1.54, 1.807) is 0 Å². The first kappa shape index (κ1) is 17.6. The highest BCUT2D eigenvalue weighted by molar-refractivity contribution is 5.78. The lowest BCUT2D eigenvalue weighted by Gasteiger charge is -2.15. The van der Waals surface area contributed by atoms with Gasteiger partial charge in [0.25, 0.3) is 0 Å². The standard InChI is InChI=1S/C24H23NO/c1-3-7-18-9-5-11-20(17-18)23-12-6-10-19(8-4-2)24(23)26-22-15-13-21(25)14-16-22/h3-17H,25H2,1-2H3. The maximum Gasteiger partial charge on any atom is 0.142 e. The van der Waals surface area contributed by atoms with Gasteiger partial charge in [-0.1, -0.05) is 60.7 Å². The van der Waals surface area contributed by atoms with Crippen LogP contribution in [0.3, 0.4) is 0 Å². The minimum atomic E-state index is 0.721. The molecule has 130 valence electrons. The largest absolute Gasteiger partial charge is 0.456 e. The van der Waals surface area contributed by atoms with Gasteiger partial charge in [-0.2, -0.15) is 0 Å². The lowest BCUT2D eigenvalue weighted by atomic mass is 9.99. The van der Waals surface area contributed by atoms with Crippen molar-refractivity contribution < 1.29 is 4.74 Å². The molecule has 2 N–H and O–H groups in total. The van der Waals surface area contributed by atoms with Crippen LogP contribution in [0, 0.1) is 0 Å². The Morgan fingerprint density at radius 2 is 1.54 bits per heavy atom. The van der Waals surface area contributed by atoms with Crippen LogP contribution in [0.1, 0.15) is 25.0 Å². The minimum absolute atomic E-state index is 0.721. The first-order valence-electron chi connectivity index (χ1n) is 8.73. The molecule has 0 heterocycles. The van der Waals surface area contributed by atoms with E-state index in [0.29, 0.717) is 0 Å². The Kier molecular flexibility index (Phi) is 5.55. The van der Waals surface area contributed by atoms with Crippen molar-refractivity contribution in [1.82, 2.24) is 0 Å². The van der Waals surface area contributed by atoms with Crippen molar-refractivity contribution in [2.75, 3.05) is 5.73 Å². The third kappa shape index (κ3) is 4.04. The maximum absolute atomic E-state index is 6.28. The zero-order valence-electron chi connectivity index (χ0n) is 15.1. The van der Waals surface area contributed by atoms with Crippen molar-refractivity contribution in [2.24, 2.45) is 0 Å². The van der Waals surface area contributed by atoms with Crippen LogP contribution in [0.2, 0.25) is 0 Å². The number of ether oxygens (including phenoxy) is 1. The Morgan fingerprint density at radius 1 is 0.808 bits per heavy atom. The Bertz CT molecular complexity index is 937. The van der Waals surface area contributed by atoms with Crippen LogP contribution < -0.4 is 10.5 Å². The van der Waals surface area contributed by atoms with E-state index in [9.17, 15) is 0 Å². The SMILES string of the molecule is CC=Cc1cccc(-c2cccc(C=CC)c2Oc2ccc(N)cc2)c1. The van der Waals surface area contributed by atoms with E-state index in [0.717, 1.165) is 33.9 Å². The molecule has 0 bridgehead atoms. The highest BCUT2D eigenvalue weighted by Crippen LogP contribution is 2.37. The molecule has 0 saturated carbocycles. The summed E-state index contributed by atoms with van der Waals surface area (Å²) in [6.07, 6.45) is 8.22. The van der Waals surface area contributed by atoms with Gasteiger partial charge in [0.15, 0.2) is 0 Å². The topological polar surface area (TPSA) is 35.2 Å². The molecule has 0 atom stereocenters. The first-order chi connectivity index (χ1) is 12.7. The molecule has 3 aromatic carbocycles. The third-order valence-corrected chi connectivity index (χ3v) is 4.05. The van der Waals surface area contributed by atoms with Crippen LogP contribution in [0.5, 0.6) is 11.5 Å². The average Bonchev–Trinajstić information content (AvgIpc) is 2.65. The van der Waals surface area contributed by atoms with Crippen molar-refractivity contribution in [3.8, 4) is 22.6 Å². The van der Waals surface area contributed by atoms with E-state index >= 15 is 0 Å². The number of nitrogens with two attached hydrogens (primary N) is 1. The molecule has 0 saturated heterocycles. The lowest BCUT2D eigenvalue weighted by molar-refractivity contribution is 0.483. The Balaban J connectivity index is 2.11. The lowest BCUT2D eigenvalue weighted by Crippen LogP contribution is -1.93. The number of para-hydroxylation sites is 1. The Hall–Kier alpha value is -3.26. The molecule has 0 aromatic heterocycles. The molecular formula is C24H23NO. The van der Waals surface area contributed by atoms with Gasteiger partial charge < -0.3 is 10.5 Å². The highest BCUT2D eigenvalue weighted by atomic mass is 16.5. The summed E-state index contributed by atoms with van der Waals surface area (Å²) in [7, 11) is 0. The molecule has 2 heteroatoms. The first-order valence-corrected chi connectivity index (χ1v) is 8.73. The molecule has 3 aromatic rings. The van der Waals surface area contributed by atoms with E-state index < -0.39 is 0 Å². The zero-order chi connectivity index (χ0) is 18.4. The van der Waals surface area contributed by atoms with E-state index in [1.165, 1.54) is 5.56 Å². The summed E-state index contributed by atoms with van der Waals surface area (Å²) >= 11 is 0. The second-order valence-electron chi connectivity index (χ2n) is 6.02. The summed E-state index contributed by atoms with van der Waals surface area (Å²) in [5, 5.41) is 0. The molecule has 0 unspecified atom stereocenters. The van der Waals surface area contributed by atoms with Gasteiger partial charge in [0.05, 0.1) is 0 Å². The monoisotopic (exact) mass is 341 g/mol. The molecule has 0 fully saturated rings. The summed E-state index contributed by atoms with van der Waals surface area (Å²) in [6, 6.07) is 22.1. The number of rotatable bonds is 5. The van der Waals surface area contributed by atoms with Crippen molar-refractivity contribution in [3.05, 3.63) is 90.0 Å². The van der Waals surface area contributed by atoms with Gasteiger partial charge in [-0.3, -0.25) is 0 Å². The quantitative estimate of drug-likeness (QED) is 0.518. The smallest absolute Gasteiger partial charge is 0.142 e. The molecule has 0 aliphatic carbocycles. The van der Waals surface area contributed by atoms with E-state index in [-0.39, 0.29) is 0 Å². The second-order valence-corrected chi connectivity index (χ2v) is 6.02. The van der Waals surface area contributed by atoms with E-state index in [2.05, 4.69) is 54.6 Å². The molecule has 0 amide bonds. The summed E-state index contributed by atoms with van der Waals surface area (Å²) < 4.78 is 6.28. The molecule has 0 aliphatic rings. The Labute approximate surface area is 155 Å². The second kappa shape index (κ2) is 8.21. The number of anilines is 1. The molecule has 0 spiro atoms. The maximum atomic E-state index is 6.28. The predicted molar refractivity (Wildman–Crippen MR) is 112 cm³/mol. The summed E-state index contributed by atoms with van der Waals surface area (Å²) in [5.41, 5.74) is 10.9. The van der Waals surface area contributed by atoms with Crippen LogP contribution in [-0.2, 0) is 0 Å². The van der Waals surface area contributed by atoms with Crippen molar-refractivity contribution in [2.45, 2.75) is 13.8 Å². The van der Waals surface area contributed by atoms with Crippen LogP contribution in [-0.4, -0.2) is 0 Å². The van der Waals surface area contributed by atoms with Gasteiger partial charge in [0.1, 0.15) is 11.5 Å². The van der Waals surface area contributed by atoms with Gasteiger partial charge in [0.2, 0.25) is 0 Å². The number of hydrogen-bond acceptors (Lipinski definition) is 2. The highest BCUT2D eigenvalue weighted by Gasteiger charge is 2.12. The van der Waals surface area contributed by atoms with Gasteiger partial charge in [-0.05, 0) is 55.3 Å². The number of allylic oxidation sites excluding steroid dienone is 2. The number of nitrogen functional groups attached to an aromatic ring is 1. The number of hydrogen-bond donors (Lipinski definition) is 1. The average molecular weight is 341 g/mol. The third-order valence-electron chi connectivity index (χ3n) is 4.05.